The van der Waals surface area contributed by atoms with E-state index >= 15 is 0 Å². The summed E-state index contributed by atoms with van der Waals surface area (Å²) in [4.78, 5) is 13.5. The average Bonchev–Trinajstić information content (AvgIpc) is 2.46. The molecule has 96 valence electrons. The molecule has 3 nitrogen and oxygen atoms in total. The van der Waals surface area contributed by atoms with E-state index in [-0.39, 0.29) is 17.8 Å². The normalized spacial score (nSPS) is 22.2. The summed E-state index contributed by atoms with van der Waals surface area (Å²) >= 11 is 0. The van der Waals surface area contributed by atoms with E-state index in [1.165, 1.54) is 12.1 Å². The third-order valence-corrected chi connectivity index (χ3v) is 3.39. The van der Waals surface area contributed by atoms with Crippen LogP contribution in [0.15, 0.2) is 54.6 Å². The van der Waals surface area contributed by atoms with Gasteiger partial charge >= 0.3 is 0 Å². The maximum atomic E-state index is 12.9. The van der Waals surface area contributed by atoms with Crippen LogP contribution in [0.2, 0.25) is 0 Å². The van der Waals surface area contributed by atoms with E-state index in [0.717, 1.165) is 5.56 Å². The molecule has 1 aliphatic heterocycles. The molecule has 1 aliphatic rings. The second-order valence-corrected chi connectivity index (χ2v) is 4.57. The van der Waals surface area contributed by atoms with Crippen LogP contribution in [-0.2, 0) is 4.79 Å². The van der Waals surface area contributed by atoms with Crippen molar-refractivity contribution in [2.45, 2.75) is 12.1 Å². The lowest BCUT2D eigenvalue weighted by Gasteiger charge is -2.45. The Balaban J connectivity index is 1.96. The fourth-order valence-electron chi connectivity index (χ4n) is 2.41. The van der Waals surface area contributed by atoms with Crippen molar-refractivity contribution in [1.82, 2.24) is 0 Å². The SMILES string of the molecule is N[C@@H]1C(=O)N(c2ccc(F)cc2)[C@@H]1c1ccccc1. The number of amides is 1. The average molecular weight is 256 g/mol. The van der Waals surface area contributed by atoms with Gasteiger partial charge in [0.1, 0.15) is 11.9 Å². The Labute approximate surface area is 110 Å². The highest BCUT2D eigenvalue weighted by atomic mass is 19.1. The van der Waals surface area contributed by atoms with Crippen molar-refractivity contribution in [3.8, 4) is 0 Å². The molecule has 2 aromatic carbocycles. The largest absolute Gasteiger partial charge is 0.318 e. The predicted octanol–water partition coefficient (Wildman–Crippen LogP) is 2.24. The molecule has 0 aromatic heterocycles. The second-order valence-electron chi connectivity index (χ2n) is 4.57. The van der Waals surface area contributed by atoms with Crippen LogP contribution in [0.3, 0.4) is 0 Å². The molecular formula is C15H13FN2O. The number of rotatable bonds is 2. The number of hydrogen-bond donors (Lipinski definition) is 1. The third kappa shape index (κ3) is 1.90. The topological polar surface area (TPSA) is 46.3 Å². The smallest absolute Gasteiger partial charge is 0.247 e. The Morgan fingerprint density at radius 3 is 2.26 bits per heavy atom. The summed E-state index contributed by atoms with van der Waals surface area (Å²) in [5, 5.41) is 0. The molecule has 2 atom stereocenters. The Bertz CT molecular complexity index is 597. The van der Waals surface area contributed by atoms with Crippen LogP contribution in [0.25, 0.3) is 0 Å². The van der Waals surface area contributed by atoms with Gasteiger partial charge in [-0.2, -0.15) is 0 Å². The van der Waals surface area contributed by atoms with E-state index in [9.17, 15) is 9.18 Å². The zero-order valence-corrected chi connectivity index (χ0v) is 10.2. The van der Waals surface area contributed by atoms with Crippen LogP contribution in [-0.4, -0.2) is 11.9 Å². The van der Waals surface area contributed by atoms with E-state index in [4.69, 9.17) is 5.73 Å². The first-order chi connectivity index (χ1) is 9.18. The summed E-state index contributed by atoms with van der Waals surface area (Å²) in [6.45, 7) is 0. The molecule has 1 amide bonds. The molecule has 1 heterocycles. The van der Waals surface area contributed by atoms with Crippen molar-refractivity contribution < 1.29 is 9.18 Å². The van der Waals surface area contributed by atoms with Crippen molar-refractivity contribution in [2.75, 3.05) is 4.90 Å². The monoisotopic (exact) mass is 256 g/mol. The third-order valence-electron chi connectivity index (χ3n) is 3.39. The number of carbonyl (C=O) groups excluding carboxylic acids is 1. The van der Waals surface area contributed by atoms with E-state index < -0.39 is 6.04 Å². The lowest BCUT2D eigenvalue weighted by Crippen LogP contribution is -2.63. The number of benzene rings is 2. The summed E-state index contributed by atoms with van der Waals surface area (Å²) in [6, 6.07) is 14.8. The van der Waals surface area contributed by atoms with Crippen LogP contribution in [0, 0.1) is 5.82 Å². The highest BCUT2D eigenvalue weighted by Crippen LogP contribution is 2.37. The molecular weight excluding hydrogens is 243 g/mol. The van der Waals surface area contributed by atoms with Gasteiger partial charge in [0.05, 0.1) is 6.04 Å². The molecule has 3 rings (SSSR count). The number of hydrogen-bond acceptors (Lipinski definition) is 2. The molecule has 0 aliphatic carbocycles. The van der Waals surface area contributed by atoms with E-state index in [2.05, 4.69) is 0 Å². The number of nitrogens with zero attached hydrogens (tertiary/aromatic N) is 1. The highest BCUT2D eigenvalue weighted by Gasteiger charge is 2.46. The van der Waals surface area contributed by atoms with Gasteiger partial charge in [-0.25, -0.2) is 4.39 Å². The van der Waals surface area contributed by atoms with Crippen molar-refractivity contribution in [3.05, 3.63) is 66.0 Å². The lowest BCUT2D eigenvalue weighted by atomic mass is 9.88. The summed E-state index contributed by atoms with van der Waals surface area (Å²) in [6.07, 6.45) is 0. The van der Waals surface area contributed by atoms with Crippen LogP contribution >= 0.6 is 0 Å². The molecule has 19 heavy (non-hydrogen) atoms. The number of halogens is 1. The molecule has 2 aromatic rings. The Hall–Kier alpha value is -2.20. The predicted molar refractivity (Wildman–Crippen MR) is 71.0 cm³/mol. The minimum Gasteiger partial charge on any atom is -0.318 e. The van der Waals surface area contributed by atoms with Gasteiger partial charge in [-0.05, 0) is 29.8 Å². The molecule has 0 radical (unpaired) electrons. The van der Waals surface area contributed by atoms with Gasteiger partial charge in [-0.3, -0.25) is 4.79 Å². The maximum Gasteiger partial charge on any atom is 0.247 e. The summed E-state index contributed by atoms with van der Waals surface area (Å²) in [5.74, 6) is -0.460. The van der Waals surface area contributed by atoms with Crippen LogP contribution in [0.4, 0.5) is 10.1 Å². The molecule has 0 bridgehead atoms. The fourth-order valence-corrected chi connectivity index (χ4v) is 2.41. The number of nitrogens with two attached hydrogens (primary N) is 1. The maximum absolute atomic E-state index is 12.9. The van der Waals surface area contributed by atoms with Crippen molar-refractivity contribution in [2.24, 2.45) is 5.73 Å². The highest BCUT2D eigenvalue weighted by molar-refractivity contribution is 6.05. The van der Waals surface area contributed by atoms with Gasteiger partial charge in [0.15, 0.2) is 0 Å². The van der Waals surface area contributed by atoms with Crippen molar-refractivity contribution in [3.63, 3.8) is 0 Å². The first-order valence-corrected chi connectivity index (χ1v) is 6.07. The Morgan fingerprint density at radius 1 is 1.00 bits per heavy atom. The number of β-lactam (4-membered cyclic amide) rings is 1. The molecule has 0 spiro atoms. The zero-order chi connectivity index (χ0) is 13.4. The van der Waals surface area contributed by atoms with Gasteiger partial charge in [-0.15, -0.1) is 0 Å². The van der Waals surface area contributed by atoms with Gasteiger partial charge in [-0.1, -0.05) is 30.3 Å². The minimum absolute atomic E-state index is 0.138. The molecule has 1 fully saturated rings. The molecule has 4 heteroatoms. The summed E-state index contributed by atoms with van der Waals surface area (Å²) in [7, 11) is 0. The van der Waals surface area contributed by atoms with Gasteiger partial charge in [0, 0.05) is 5.69 Å². The van der Waals surface area contributed by atoms with Crippen LogP contribution in [0.5, 0.6) is 0 Å². The zero-order valence-electron chi connectivity index (χ0n) is 10.2. The van der Waals surface area contributed by atoms with Gasteiger partial charge in [0.25, 0.3) is 0 Å². The fraction of sp³-hybridized carbons (Fsp3) is 0.133. The number of anilines is 1. The Morgan fingerprint density at radius 2 is 1.63 bits per heavy atom. The van der Waals surface area contributed by atoms with Crippen LogP contribution in [0.1, 0.15) is 11.6 Å². The second kappa shape index (κ2) is 4.48. The van der Waals surface area contributed by atoms with Crippen LogP contribution < -0.4 is 10.6 Å². The molecule has 0 unspecified atom stereocenters. The van der Waals surface area contributed by atoms with Gasteiger partial charge < -0.3 is 10.6 Å². The van der Waals surface area contributed by atoms with Crippen molar-refractivity contribution >= 4 is 11.6 Å². The standard InChI is InChI=1S/C15H13FN2O/c16-11-6-8-12(9-7-11)18-14(13(17)15(18)19)10-4-2-1-3-5-10/h1-9,13-14H,17H2/t13-,14+/m0/s1. The molecule has 1 saturated heterocycles. The van der Waals surface area contributed by atoms with E-state index in [1.807, 2.05) is 30.3 Å². The Kier molecular flexibility index (Phi) is 2.80. The summed E-state index contributed by atoms with van der Waals surface area (Å²) in [5.41, 5.74) is 7.54. The van der Waals surface area contributed by atoms with Gasteiger partial charge in [0.2, 0.25) is 5.91 Å². The van der Waals surface area contributed by atoms with Crippen molar-refractivity contribution in [1.29, 1.82) is 0 Å². The van der Waals surface area contributed by atoms with E-state index in [1.54, 1.807) is 17.0 Å². The summed E-state index contributed by atoms with van der Waals surface area (Å²) < 4.78 is 12.9. The first kappa shape index (κ1) is 11.9. The quantitative estimate of drug-likeness (QED) is 0.838. The van der Waals surface area contributed by atoms with E-state index in [0.29, 0.717) is 5.69 Å². The lowest BCUT2D eigenvalue weighted by molar-refractivity contribution is -0.126. The minimum atomic E-state index is -0.535. The number of carbonyl (C=O) groups is 1. The first-order valence-electron chi connectivity index (χ1n) is 6.07. The molecule has 0 saturated carbocycles. The molecule has 2 N–H and O–H groups in total.